The van der Waals surface area contributed by atoms with Gasteiger partial charge in [-0.25, -0.2) is 4.98 Å². The predicted octanol–water partition coefficient (Wildman–Crippen LogP) is 3.38. The van der Waals surface area contributed by atoms with Crippen LogP contribution >= 0.6 is 11.6 Å². The number of nitrogens with zero attached hydrogens (tertiary/aromatic N) is 1. The molecule has 1 aromatic heterocycles. The summed E-state index contributed by atoms with van der Waals surface area (Å²) in [6.45, 7) is 6.14. The van der Waals surface area contributed by atoms with Crippen LogP contribution in [0.15, 0.2) is 12.3 Å². The monoisotopic (exact) mass is 255 g/mol. The Morgan fingerprint density at radius 2 is 2.00 bits per heavy atom. The predicted molar refractivity (Wildman–Crippen MR) is 67.6 cm³/mol. The van der Waals surface area contributed by atoms with E-state index in [-0.39, 0.29) is 18.3 Å². The fourth-order valence-corrected chi connectivity index (χ4v) is 2.38. The number of aromatic nitrogens is 1. The summed E-state index contributed by atoms with van der Waals surface area (Å²) < 4.78 is 11.7. The topological polar surface area (TPSA) is 31.4 Å². The average molecular weight is 256 g/mol. The summed E-state index contributed by atoms with van der Waals surface area (Å²) in [5, 5.41) is 0.471. The normalized spacial score (nSPS) is 29.1. The lowest BCUT2D eigenvalue weighted by Crippen LogP contribution is -2.35. The van der Waals surface area contributed by atoms with Gasteiger partial charge in [0.15, 0.2) is 0 Å². The summed E-state index contributed by atoms with van der Waals surface area (Å²) >= 11 is 5.88. The summed E-state index contributed by atoms with van der Waals surface area (Å²) in [4.78, 5) is 4.02. The Hall–Kier alpha value is -0.800. The summed E-state index contributed by atoms with van der Waals surface area (Å²) in [5.41, 5.74) is 1.01. The lowest BCUT2D eigenvalue weighted by molar-refractivity contribution is -0.0722. The minimum atomic E-state index is 0.200. The Morgan fingerprint density at radius 1 is 1.35 bits per heavy atom. The van der Waals surface area contributed by atoms with Crippen LogP contribution in [0.2, 0.25) is 5.15 Å². The largest absolute Gasteiger partial charge is 0.490 e. The molecular formula is C13H18ClNO2. The molecule has 0 N–H and O–H groups in total. The Morgan fingerprint density at radius 3 is 2.65 bits per heavy atom. The van der Waals surface area contributed by atoms with Crippen LogP contribution in [0.5, 0.6) is 5.75 Å². The van der Waals surface area contributed by atoms with Gasteiger partial charge in [-0.15, -0.1) is 0 Å². The van der Waals surface area contributed by atoms with Gasteiger partial charge in [-0.2, -0.15) is 0 Å². The maximum absolute atomic E-state index is 6.00. The van der Waals surface area contributed by atoms with E-state index in [1.54, 1.807) is 12.3 Å². The number of rotatable bonds is 2. The van der Waals surface area contributed by atoms with Crippen molar-refractivity contribution in [2.45, 2.75) is 51.9 Å². The zero-order valence-electron chi connectivity index (χ0n) is 10.4. The van der Waals surface area contributed by atoms with Crippen molar-refractivity contribution in [3.05, 3.63) is 23.0 Å². The van der Waals surface area contributed by atoms with Gasteiger partial charge in [-0.05, 0) is 20.8 Å². The van der Waals surface area contributed by atoms with Gasteiger partial charge in [0, 0.05) is 30.7 Å². The smallest absolute Gasteiger partial charge is 0.132 e. The quantitative estimate of drug-likeness (QED) is 0.760. The second-order valence-electron chi connectivity index (χ2n) is 4.74. The highest BCUT2D eigenvalue weighted by Crippen LogP contribution is 2.27. The molecule has 94 valence electrons. The molecule has 1 aromatic rings. The van der Waals surface area contributed by atoms with Gasteiger partial charge in [0.2, 0.25) is 0 Å². The molecule has 1 saturated heterocycles. The number of hydrogen-bond donors (Lipinski definition) is 0. The van der Waals surface area contributed by atoms with E-state index in [0.29, 0.717) is 5.15 Å². The average Bonchev–Trinajstić information content (AvgIpc) is 2.22. The van der Waals surface area contributed by atoms with Crippen LogP contribution in [0.1, 0.15) is 32.3 Å². The number of hydrogen-bond acceptors (Lipinski definition) is 3. The Labute approximate surface area is 107 Å². The minimum Gasteiger partial charge on any atom is -0.490 e. The molecule has 0 aliphatic carbocycles. The maximum Gasteiger partial charge on any atom is 0.132 e. The fourth-order valence-electron chi connectivity index (χ4n) is 2.23. The van der Waals surface area contributed by atoms with Gasteiger partial charge < -0.3 is 9.47 Å². The first-order valence-electron chi connectivity index (χ1n) is 5.99. The first-order valence-corrected chi connectivity index (χ1v) is 6.36. The molecule has 17 heavy (non-hydrogen) atoms. The van der Waals surface area contributed by atoms with Crippen LogP contribution in [0.4, 0.5) is 0 Å². The highest BCUT2D eigenvalue weighted by molar-refractivity contribution is 6.29. The number of ether oxygens (including phenoxy) is 2. The SMILES string of the molecule is Cc1cnc(Cl)cc1OC1CC(C)OC(C)C1. The second-order valence-corrected chi connectivity index (χ2v) is 5.13. The minimum absolute atomic E-state index is 0.200. The van der Waals surface area contributed by atoms with E-state index in [4.69, 9.17) is 21.1 Å². The van der Waals surface area contributed by atoms with Crippen molar-refractivity contribution < 1.29 is 9.47 Å². The third kappa shape index (κ3) is 3.33. The van der Waals surface area contributed by atoms with Crippen molar-refractivity contribution in [1.82, 2.24) is 4.98 Å². The molecule has 0 saturated carbocycles. The molecule has 1 aliphatic rings. The third-order valence-electron chi connectivity index (χ3n) is 2.97. The van der Waals surface area contributed by atoms with Gasteiger partial charge in [-0.3, -0.25) is 0 Å². The van der Waals surface area contributed by atoms with Crippen LogP contribution in [-0.2, 0) is 4.74 Å². The van der Waals surface area contributed by atoms with Gasteiger partial charge in [0.25, 0.3) is 0 Å². The first-order chi connectivity index (χ1) is 8.04. The molecule has 1 fully saturated rings. The van der Waals surface area contributed by atoms with E-state index in [0.717, 1.165) is 24.2 Å². The van der Waals surface area contributed by atoms with Crippen LogP contribution in [0.25, 0.3) is 0 Å². The number of pyridine rings is 1. The number of aryl methyl sites for hydroxylation is 1. The van der Waals surface area contributed by atoms with E-state index < -0.39 is 0 Å². The van der Waals surface area contributed by atoms with Crippen LogP contribution < -0.4 is 4.74 Å². The van der Waals surface area contributed by atoms with Crippen molar-refractivity contribution >= 4 is 11.6 Å². The summed E-state index contributed by atoms with van der Waals surface area (Å²) in [5.74, 6) is 0.830. The molecule has 0 radical (unpaired) electrons. The zero-order chi connectivity index (χ0) is 12.4. The summed E-state index contributed by atoms with van der Waals surface area (Å²) in [6, 6.07) is 1.78. The van der Waals surface area contributed by atoms with Gasteiger partial charge in [0.05, 0.1) is 12.2 Å². The van der Waals surface area contributed by atoms with E-state index in [2.05, 4.69) is 18.8 Å². The molecule has 0 spiro atoms. The zero-order valence-corrected chi connectivity index (χ0v) is 11.2. The molecule has 3 nitrogen and oxygen atoms in total. The summed E-state index contributed by atoms with van der Waals surface area (Å²) in [6.07, 6.45) is 4.28. The highest BCUT2D eigenvalue weighted by Gasteiger charge is 2.26. The summed E-state index contributed by atoms with van der Waals surface area (Å²) in [7, 11) is 0. The third-order valence-corrected chi connectivity index (χ3v) is 3.17. The molecule has 0 aromatic carbocycles. The Kier molecular flexibility index (Phi) is 3.89. The molecule has 2 rings (SSSR count). The van der Waals surface area contributed by atoms with Crippen molar-refractivity contribution in [3.8, 4) is 5.75 Å². The molecule has 0 amide bonds. The molecule has 4 heteroatoms. The van der Waals surface area contributed by atoms with Crippen LogP contribution in [-0.4, -0.2) is 23.3 Å². The molecule has 0 bridgehead atoms. The first kappa shape index (κ1) is 12.7. The molecule has 2 heterocycles. The lowest BCUT2D eigenvalue weighted by Gasteiger charge is -2.32. The van der Waals surface area contributed by atoms with Gasteiger partial charge >= 0.3 is 0 Å². The second kappa shape index (κ2) is 5.23. The standard InChI is InChI=1S/C13H18ClNO2/c1-8-7-15-13(14)6-12(8)17-11-4-9(2)16-10(3)5-11/h6-7,9-11H,4-5H2,1-3H3. The van der Waals surface area contributed by atoms with Crippen LogP contribution in [0, 0.1) is 6.92 Å². The van der Waals surface area contributed by atoms with Gasteiger partial charge in [0.1, 0.15) is 17.0 Å². The van der Waals surface area contributed by atoms with Crippen molar-refractivity contribution in [3.63, 3.8) is 0 Å². The van der Waals surface area contributed by atoms with E-state index >= 15 is 0 Å². The molecular weight excluding hydrogens is 238 g/mol. The Bertz CT molecular complexity index is 387. The number of halogens is 1. The van der Waals surface area contributed by atoms with E-state index in [1.807, 2.05) is 6.92 Å². The van der Waals surface area contributed by atoms with Gasteiger partial charge in [-0.1, -0.05) is 11.6 Å². The van der Waals surface area contributed by atoms with E-state index in [9.17, 15) is 0 Å². The molecule has 2 atom stereocenters. The fraction of sp³-hybridized carbons (Fsp3) is 0.615. The lowest BCUT2D eigenvalue weighted by atomic mass is 10.0. The highest BCUT2D eigenvalue weighted by atomic mass is 35.5. The van der Waals surface area contributed by atoms with E-state index in [1.165, 1.54) is 0 Å². The van der Waals surface area contributed by atoms with Crippen LogP contribution in [0.3, 0.4) is 0 Å². The van der Waals surface area contributed by atoms with Crippen molar-refractivity contribution in [2.75, 3.05) is 0 Å². The Balaban J connectivity index is 2.07. The maximum atomic E-state index is 6.00. The van der Waals surface area contributed by atoms with Crippen molar-refractivity contribution in [2.24, 2.45) is 0 Å². The van der Waals surface area contributed by atoms with Crippen molar-refractivity contribution in [1.29, 1.82) is 0 Å². The molecule has 2 unspecified atom stereocenters. The molecule has 1 aliphatic heterocycles.